The van der Waals surface area contributed by atoms with Crippen LogP contribution >= 0.6 is 15.9 Å². The van der Waals surface area contributed by atoms with Gasteiger partial charge in [0.2, 0.25) is 0 Å². The number of fused-ring (bicyclic) bond motifs is 1. The molecule has 0 spiro atoms. The van der Waals surface area contributed by atoms with Gasteiger partial charge < -0.3 is 10.2 Å². The molecule has 2 unspecified atom stereocenters. The fourth-order valence-corrected chi connectivity index (χ4v) is 5.13. The molecule has 1 amide bonds. The van der Waals surface area contributed by atoms with E-state index in [4.69, 9.17) is 0 Å². The lowest BCUT2D eigenvalue weighted by Crippen LogP contribution is -2.57. The van der Waals surface area contributed by atoms with Crippen molar-refractivity contribution in [3.05, 3.63) is 82.2 Å². The van der Waals surface area contributed by atoms with Crippen LogP contribution in [0.2, 0.25) is 0 Å². The number of aromatic nitrogens is 4. The van der Waals surface area contributed by atoms with E-state index in [-0.39, 0.29) is 11.8 Å². The van der Waals surface area contributed by atoms with Crippen LogP contribution in [0.5, 0.6) is 0 Å². The zero-order valence-electron chi connectivity index (χ0n) is 18.8. The van der Waals surface area contributed by atoms with Gasteiger partial charge in [-0.2, -0.15) is 0 Å². The second-order valence-corrected chi connectivity index (χ2v) is 9.27. The Bertz CT molecular complexity index is 1340. The second kappa shape index (κ2) is 9.13. The summed E-state index contributed by atoms with van der Waals surface area (Å²) in [6.07, 6.45) is 0.756. The van der Waals surface area contributed by atoms with E-state index in [0.717, 1.165) is 16.3 Å². The zero-order chi connectivity index (χ0) is 23.8. The SMILES string of the molecule is Cc1cccc2ccnc(N3CCC(c4nnn(C)c4Br)[C@@H](NC(=O)c4ccccc4)C3F)c12. The number of alkyl halides is 1. The maximum absolute atomic E-state index is 16.4. The molecule has 4 aromatic rings. The number of piperidine rings is 1. The van der Waals surface area contributed by atoms with Gasteiger partial charge in [0.1, 0.15) is 16.1 Å². The van der Waals surface area contributed by atoms with Crippen molar-refractivity contribution in [2.24, 2.45) is 7.05 Å². The first-order chi connectivity index (χ1) is 16.5. The van der Waals surface area contributed by atoms with Crippen LogP contribution in [-0.4, -0.2) is 44.8 Å². The number of aryl methyl sites for hydroxylation is 2. The molecule has 2 aromatic heterocycles. The first-order valence-electron chi connectivity index (χ1n) is 11.1. The lowest BCUT2D eigenvalue weighted by molar-refractivity contribution is 0.0872. The van der Waals surface area contributed by atoms with Crippen molar-refractivity contribution in [3.8, 4) is 0 Å². The predicted molar refractivity (Wildman–Crippen MR) is 132 cm³/mol. The standard InChI is InChI=1S/C25H24BrFN6O/c1-15-7-6-10-16-11-13-28-24(19(15)16)33-14-12-18(20-22(26)32(2)31-30-20)21(23(33)27)29-25(34)17-8-4-3-5-9-17/h3-11,13,18,21,23H,12,14H2,1-2H3,(H,29,34)/t18?,21-,23?/m1/s1. The highest BCUT2D eigenvalue weighted by Crippen LogP contribution is 2.39. The third kappa shape index (κ3) is 3.94. The number of hydrogen-bond acceptors (Lipinski definition) is 5. The van der Waals surface area contributed by atoms with Gasteiger partial charge in [-0.3, -0.25) is 4.79 Å². The number of rotatable bonds is 4. The number of anilines is 1. The maximum atomic E-state index is 16.4. The predicted octanol–water partition coefficient (Wildman–Crippen LogP) is 4.52. The number of amides is 1. The summed E-state index contributed by atoms with van der Waals surface area (Å²) < 4.78 is 18.7. The van der Waals surface area contributed by atoms with Crippen molar-refractivity contribution in [3.63, 3.8) is 0 Å². The molecule has 3 heterocycles. The number of pyridine rings is 1. The molecule has 0 aliphatic carbocycles. The minimum Gasteiger partial charge on any atom is -0.344 e. The van der Waals surface area contributed by atoms with Gasteiger partial charge in [-0.25, -0.2) is 14.1 Å². The fourth-order valence-electron chi connectivity index (χ4n) is 4.68. The molecule has 1 saturated heterocycles. The Morgan fingerprint density at radius 3 is 2.68 bits per heavy atom. The summed E-state index contributed by atoms with van der Waals surface area (Å²) in [6, 6.07) is 15.9. The largest absolute Gasteiger partial charge is 0.344 e. The highest BCUT2D eigenvalue weighted by Gasteiger charge is 2.43. The highest BCUT2D eigenvalue weighted by molar-refractivity contribution is 9.10. The van der Waals surface area contributed by atoms with Crippen LogP contribution in [-0.2, 0) is 7.05 Å². The van der Waals surface area contributed by atoms with Crippen LogP contribution in [0.15, 0.2) is 65.4 Å². The van der Waals surface area contributed by atoms with E-state index >= 15 is 4.39 Å². The number of carbonyl (C=O) groups is 1. The van der Waals surface area contributed by atoms with E-state index in [0.29, 0.717) is 34.6 Å². The Morgan fingerprint density at radius 1 is 1.15 bits per heavy atom. The Kier molecular flexibility index (Phi) is 6.03. The minimum atomic E-state index is -1.52. The van der Waals surface area contributed by atoms with Crippen molar-refractivity contribution >= 4 is 38.4 Å². The molecule has 3 atom stereocenters. The summed E-state index contributed by atoms with van der Waals surface area (Å²) in [6.45, 7) is 2.42. The number of nitrogens with zero attached hydrogens (tertiary/aromatic N) is 5. The Hall–Kier alpha value is -3.33. The number of hydrogen-bond donors (Lipinski definition) is 1. The van der Waals surface area contributed by atoms with Crippen molar-refractivity contribution in [2.45, 2.75) is 31.6 Å². The highest BCUT2D eigenvalue weighted by atomic mass is 79.9. The third-order valence-corrected chi connectivity index (χ3v) is 7.35. The Balaban J connectivity index is 1.55. The summed E-state index contributed by atoms with van der Waals surface area (Å²) in [7, 11) is 1.77. The summed E-state index contributed by atoms with van der Waals surface area (Å²) in [5.41, 5.74) is 2.13. The van der Waals surface area contributed by atoms with Crippen molar-refractivity contribution < 1.29 is 9.18 Å². The molecule has 0 saturated carbocycles. The van der Waals surface area contributed by atoms with E-state index in [2.05, 4.69) is 36.5 Å². The van der Waals surface area contributed by atoms with Crippen molar-refractivity contribution in [1.29, 1.82) is 0 Å². The van der Waals surface area contributed by atoms with Crippen LogP contribution in [0.3, 0.4) is 0 Å². The molecule has 0 bridgehead atoms. The molecule has 0 radical (unpaired) electrons. The number of benzene rings is 2. The summed E-state index contributed by atoms with van der Waals surface area (Å²) in [5, 5.41) is 13.2. The van der Waals surface area contributed by atoms with E-state index in [1.54, 1.807) is 47.1 Å². The van der Waals surface area contributed by atoms with E-state index in [9.17, 15) is 4.79 Å². The van der Waals surface area contributed by atoms with E-state index in [1.807, 2.05) is 37.3 Å². The van der Waals surface area contributed by atoms with Gasteiger partial charge in [0.25, 0.3) is 5.91 Å². The maximum Gasteiger partial charge on any atom is 0.251 e. The molecule has 1 N–H and O–H groups in total. The molecule has 1 aliphatic heterocycles. The summed E-state index contributed by atoms with van der Waals surface area (Å²) in [4.78, 5) is 19.3. The average Bonchev–Trinajstić information content (AvgIpc) is 3.18. The molecular formula is C25H24BrFN6O. The van der Waals surface area contributed by atoms with Crippen molar-refractivity contribution in [1.82, 2.24) is 25.3 Å². The first kappa shape index (κ1) is 22.5. The van der Waals surface area contributed by atoms with Crippen LogP contribution in [0.25, 0.3) is 10.8 Å². The Labute approximate surface area is 205 Å². The molecule has 174 valence electrons. The van der Waals surface area contributed by atoms with Gasteiger partial charge in [0.15, 0.2) is 6.30 Å². The molecule has 1 fully saturated rings. The molecule has 34 heavy (non-hydrogen) atoms. The summed E-state index contributed by atoms with van der Waals surface area (Å²) in [5.74, 6) is -0.112. The quantitative estimate of drug-likeness (QED) is 0.398. The van der Waals surface area contributed by atoms with E-state index < -0.39 is 12.3 Å². The summed E-state index contributed by atoms with van der Waals surface area (Å²) >= 11 is 3.52. The number of halogens is 2. The molecule has 9 heteroatoms. The number of carbonyl (C=O) groups excluding carboxylic acids is 1. The Morgan fingerprint density at radius 2 is 1.94 bits per heavy atom. The normalized spacial score (nSPS) is 20.5. The topological polar surface area (TPSA) is 75.9 Å². The van der Waals surface area contributed by atoms with Crippen molar-refractivity contribution in [2.75, 3.05) is 11.4 Å². The minimum absolute atomic E-state index is 0.331. The van der Waals surface area contributed by atoms with Crippen LogP contribution in [0.1, 0.15) is 34.0 Å². The van der Waals surface area contributed by atoms with Gasteiger partial charge >= 0.3 is 0 Å². The second-order valence-electron chi connectivity index (χ2n) is 8.52. The van der Waals surface area contributed by atoms with Crippen LogP contribution in [0, 0.1) is 6.92 Å². The molecule has 5 rings (SSSR count). The van der Waals surface area contributed by atoms with Gasteiger partial charge in [0.05, 0.1) is 6.04 Å². The molecule has 1 aliphatic rings. The molecule has 2 aromatic carbocycles. The monoisotopic (exact) mass is 522 g/mol. The lowest BCUT2D eigenvalue weighted by Gasteiger charge is -2.42. The molecule has 7 nitrogen and oxygen atoms in total. The lowest BCUT2D eigenvalue weighted by atomic mass is 9.87. The van der Waals surface area contributed by atoms with E-state index in [1.165, 1.54) is 0 Å². The van der Waals surface area contributed by atoms with Crippen LogP contribution < -0.4 is 10.2 Å². The first-order valence-corrected chi connectivity index (χ1v) is 11.9. The van der Waals surface area contributed by atoms with Gasteiger partial charge in [0, 0.05) is 36.7 Å². The van der Waals surface area contributed by atoms with Gasteiger partial charge in [-0.15, -0.1) is 5.10 Å². The fraction of sp³-hybridized carbons (Fsp3) is 0.280. The van der Waals surface area contributed by atoms with Crippen LogP contribution in [0.4, 0.5) is 10.2 Å². The smallest absolute Gasteiger partial charge is 0.251 e. The van der Waals surface area contributed by atoms with Gasteiger partial charge in [-0.05, 0) is 58.4 Å². The zero-order valence-corrected chi connectivity index (χ0v) is 20.4. The average molecular weight is 523 g/mol. The third-order valence-electron chi connectivity index (χ3n) is 6.43. The number of nitrogens with one attached hydrogen (secondary N) is 1. The van der Waals surface area contributed by atoms with Gasteiger partial charge in [-0.1, -0.05) is 41.6 Å². The molecular weight excluding hydrogens is 499 g/mol.